The summed E-state index contributed by atoms with van der Waals surface area (Å²) in [5.74, 6) is -2.74. The molecule has 0 amide bonds. The quantitative estimate of drug-likeness (QED) is 0.665. The van der Waals surface area contributed by atoms with E-state index in [0.29, 0.717) is 6.61 Å². The molecule has 7 heteroatoms. The molecule has 2 N–H and O–H groups in total. The molecular formula is C21H24BrNO5. The van der Waals surface area contributed by atoms with Crippen molar-refractivity contribution in [3.05, 3.63) is 64.1 Å². The standard InChI is InChI=1S/C19H22BrNO.C2H2O4/c20-18-8-10-19(11-9-18)22-15-17-6-4-16(5-7-17)14-21-12-2-1-3-13-21;3-1(4)2(5)6/h4-11H,1-3,12-15H2;(H,3,4)(H,5,6). The SMILES string of the molecule is Brc1ccc(OCc2ccc(CN3CCCCC3)cc2)cc1.O=C(O)C(=O)O. The van der Waals surface area contributed by atoms with Gasteiger partial charge in [-0.3, -0.25) is 4.90 Å². The molecule has 1 aliphatic rings. The zero-order valence-corrected chi connectivity index (χ0v) is 17.1. The summed E-state index contributed by atoms with van der Waals surface area (Å²) < 4.78 is 6.88. The predicted octanol–water partition coefficient (Wildman–Crippen LogP) is 4.17. The van der Waals surface area contributed by atoms with Crippen LogP contribution in [0.3, 0.4) is 0 Å². The van der Waals surface area contributed by atoms with Crippen molar-refractivity contribution in [1.29, 1.82) is 0 Å². The topological polar surface area (TPSA) is 87.1 Å². The fourth-order valence-electron chi connectivity index (χ4n) is 2.81. The van der Waals surface area contributed by atoms with Crippen molar-refractivity contribution in [3.63, 3.8) is 0 Å². The Morgan fingerprint density at radius 1 is 0.857 bits per heavy atom. The Morgan fingerprint density at radius 3 is 1.93 bits per heavy atom. The minimum Gasteiger partial charge on any atom is -0.489 e. The summed E-state index contributed by atoms with van der Waals surface area (Å²) in [6.07, 6.45) is 4.08. The Kier molecular flexibility index (Phi) is 8.97. The number of ether oxygens (including phenoxy) is 1. The van der Waals surface area contributed by atoms with E-state index in [-0.39, 0.29) is 0 Å². The van der Waals surface area contributed by atoms with Gasteiger partial charge in [0, 0.05) is 11.0 Å². The Labute approximate surface area is 172 Å². The van der Waals surface area contributed by atoms with E-state index in [2.05, 4.69) is 45.1 Å². The van der Waals surface area contributed by atoms with E-state index in [4.69, 9.17) is 24.5 Å². The first kappa shape index (κ1) is 21.9. The lowest BCUT2D eigenvalue weighted by molar-refractivity contribution is -0.159. The molecule has 1 aliphatic heterocycles. The van der Waals surface area contributed by atoms with Crippen molar-refractivity contribution in [2.24, 2.45) is 0 Å². The second-order valence-corrected chi connectivity index (χ2v) is 7.42. The van der Waals surface area contributed by atoms with Crippen LogP contribution in [0.4, 0.5) is 0 Å². The minimum atomic E-state index is -1.82. The van der Waals surface area contributed by atoms with E-state index in [9.17, 15) is 0 Å². The molecular weight excluding hydrogens is 426 g/mol. The van der Waals surface area contributed by atoms with Gasteiger partial charge >= 0.3 is 11.9 Å². The molecule has 0 aliphatic carbocycles. The zero-order valence-electron chi connectivity index (χ0n) is 15.5. The number of hydrogen-bond donors (Lipinski definition) is 2. The minimum absolute atomic E-state index is 0.617. The second kappa shape index (κ2) is 11.5. The number of halogens is 1. The van der Waals surface area contributed by atoms with Crippen molar-refractivity contribution in [1.82, 2.24) is 4.90 Å². The van der Waals surface area contributed by atoms with Crippen molar-refractivity contribution < 1.29 is 24.5 Å². The molecule has 150 valence electrons. The summed E-state index contributed by atoms with van der Waals surface area (Å²) in [5.41, 5.74) is 2.61. The van der Waals surface area contributed by atoms with Crippen LogP contribution in [0.25, 0.3) is 0 Å². The van der Waals surface area contributed by atoms with Crippen molar-refractivity contribution in [2.75, 3.05) is 13.1 Å². The summed E-state index contributed by atoms with van der Waals surface area (Å²) in [6.45, 7) is 4.18. The number of benzene rings is 2. The Morgan fingerprint density at radius 2 is 1.39 bits per heavy atom. The van der Waals surface area contributed by atoms with Crippen LogP contribution in [0, 0.1) is 0 Å². The molecule has 2 aromatic carbocycles. The largest absolute Gasteiger partial charge is 0.489 e. The number of carboxylic acids is 2. The molecule has 0 saturated carbocycles. The van der Waals surface area contributed by atoms with Gasteiger partial charge in [-0.25, -0.2) is 9.59 Å². The van der Waals surface area contributed by atoms with Gasteiger partial charge in [-0.2, -0.15) is 0 Å². The third-order valence-electron chi connectivity index (χ3n) is 4.28. The van der Waals surface area contributed by atoms with Gasteiger partial charge in [-0.05, 0) is 61.3 Å². The van der Waals surface area contributed by atoms with E-state index in [1.165, 1.54) is 43.5 Å². The Balaban J connectivity index is 0.000000409. The maximum Gasteiger partial charge on any atom is 0.414 e. The fraction of sp³-hybridized carbons (Fsp3) is 0.333. The van der Waals surface area contributed by atoms with Crippen LogP contribution < -0.4 is 4.74 Å². The zero-order chi connectivity index (χ0) is 20.4. The fourth-order valence-corrected chi connectivity index (χ4v) is 3.08. The van der Waals surface area contributed by atoms with Crippen LogP contribution in [0.15, 0.2) is 53.0 Å². The lowest BCUT2D eigenvalue weighted by Crippen LogP contribution is -2.29. The first-order valence-electron chi connectivity index (χ1n) is 9.09. The molecule has 0 unspecified atom stereocenters. The molecule has 0 spiro atoms. The molecule has 0 aromatic heterocycles. The average molecular weight is 450 g/mol. The number of likely N-dealkylation sites (tertiary alicyclic amines) is 1. The average Bonchev–Trinajstić information content (AvgIpc) is 2.70. The molecule has 28 heavy (non-hydrogen) atoms. The molecule has 0 bridgehead atoms. The smallest absolute Gasteiger partial charge is 0.414 e. The van der Waals surface area contributed by atoms with Crippen LogP contribution >= 0.6 is 15.9 Å². The van der Waals surface area contributed by atoms with E-state index in [1.54, 1.807) is 0 Å². The molecule has 1 saturated heterocycles. The van der Waals surface area contributed by atoms with Gasteiger partial charge in [0.2, 0.25) is 0 Å². The molecule has 1 fully saturated rings. The van der Waals surface area contributed by atoms with Crippen molar-refractivity contribution in [3.8, 4) is 5.75 Å². The van der Waals surface area contributed by atoms with Crippen molar-refractivity contribution >= 4 is 27.9 Å². The van der Waals surface area contributed by atoms with Crippen LogP contribution in [0.1, 0.15) is 30.4 Å². The lowest BCUT2D eigenvalue weighted by atomic mass is 10.1. The summed E-state index contributed by atoms with van der Waals surface area (Å²) in [4.78, 5) is 20.8. The number of rotatable bonds is 5. The molecule has 1 heterocycles. The highest BCUT2D eigenvalue weighted by Crippen LogP contribution is 2.18. The third-order valence-corrected chi connectivity index (χ3v) is 4.81. The molecule has 2 aromatic rings. The molecule has 0 radical (unpaired) electrons. The van der Waals surface area contributed by atoms with Gasteiger partial charge in [0.15, 0.2) is 0 Å². The summed E-state index contributed by atoms with van der Waals surface area (Å²) in [5, 5.41) is 14.8. The lowest BCUT2D eigenvalue weighted by Gasteiger charge is -2.26. The maximum atomic E-state index is 9.10. The normalized spacial score (nSPS) is 13.9. The summed E-state index contributed by atoms with van der Waals surface area (Å²) in [7, 11) is 0. The highest BCUT2D eigenvalue weighted by Gasteiger charge is 2.10. The maximum absolute atomic E-state index is 9.10. The van der Waals surface area contributed by atoms with E-state index < -0.39 is 11.9 Å². The van der Waals surface area contributed by atoms with Crippen LogP contribution in [0.5, 0.6) is 5.75 Å². The van der Waals surface area contributed by atoms with Crippen LogP contribution in [0.2, 0.25) is 0 Å². The van der Waals surface area contributed by atoms with Gasteiger partial charge in [0.1, 0.15) is 12.4 Å². The van der Waals surface area contributed by atoms with Crippen molar-refractivity contribution in [2.45, 2.75) is 32.4 Å². The van der Waals surface area contributed by atoms with Gasteiger partial charge in [0.05, 0.1) is 0 Å². The predicted molar refractivity (Wildman–Crippen MR) is 109 cm³/mol. The van der Waals surface area contributed by atoms with Crippen LogP contribution in [-0.2, 0) is 22.7 Å². The van der Waals surface area contributed by atoms with Gasteiger partial charge in [0.25, 0.3) is 0 Å². The van der Waals surface area contributed by atoms with Gasteiger partial charge in [-0.15, -0.1) is 0 Å². The van der Waals surface area contributed by atoms with Gasteiger partial charge < -0.3 is 14.9 Å². The molecule has 6 nitrogen and oxygen atoms in total. The molecule has 0 atom stereocenters. The Hall–Kier alpha value is -2.38. The van der Waals surface area contributed by atoms with Gasteiger partial charge in [-0.1, -0.05) is 46.6 Å². The number of carbonyl (C=O) groups is 2. The van der Waals surface area contributed by atoms with Crippen LogP contribution in [-0.4, -0.2) is 40.1 Å². The monoisotopic (exact) mass is 449 g/mol. The summed E-state index contributed by atoms with van der Waals surface area (Å²) >= 11 is 3.43. The number of nitrogens with zero attached hydrogens (tertiary/aromatic N) is 1. The highest BCUT2D eigenvalue weighted by atomic mass is 79.9. The number of aliphatic carboxylic acids is 2. The highest BCUT2D eigenvalue weighted by molar-refractivity contribution is 9.10. The van der Waals surface area contributed by atoms with E-state index in [1.807, 2.05) is 24.3 Å². The Bertz CT molecular complexity index is 743. The number of carboxylic acid groups (broad SMARTS) is 2. The number of piperidine rings is 1. The molecule has 3 rings (SSSR count). The number of hydrogen-bond acceptors (Lipinski definition) is 4. The second-order valence-electron chi connectivity index (χ2n) is 6.51. The first-order valence-corrected chi connectivity index (χ1v) is 9.88. The van der Waals surface area contributed by atoms with E-state index >= 15 is 0 Å². The van der Waals surface area contributed by atoms with E-state index in [0.717, 1.165) is 16.8 Å². The summed E-state index contributed by atoms with van der Waals surface area (Å²) in [6, 6.07) is 16.8. The third kappa shape index (κ3) is 8.10. The first-order chi connectivity index (χ1) is 13.4.